The minimum atomic E-state index is 0.608. The van der Waals surface area contributed by atoms with Gasteiger partial charge in [0.25, 0.3) is 0 Å². The Bertz CT molecular complexity index is 439. The van der Waals surface area contributed by atoms with E-state index in [-0.39, 0.29) is 0 Å². The molecule has 0 unspecified atom stereocenters. The standard InChI is InChI=1S/C10H11ClN4/c11-8-5-7(12)1-2-9(8)15-6-10-13-3-4-14-10/h1-5,15H,6,12H2,(H,13,14). The summed E-state index contributed by atoms with van der Waals surface area (Å²) in [5.41, 5.74) is 7.09. The molecule has 0 aliphatic rings. The molecule has 0 saturated carbocycles. The van der Waals surface area contributed by atoms with E-state index in [2.05, 4.69) is 15.3 Å². The maximum atomic E-state index is 6.00. The number of nitrogens with two attached hydrogens (primary N) is 1. The fraction of sp³-hybridized carbons (Fsp3) is 0.100. The van der Waals surface area contributed by atoms with Crippen molar-refractivity contribution in [2.24, 2.45) is 0 Å². The molecule has 0 amide bonds. The Balaban J connectivity index is 2.05. The first kappa shape index (κ1) is 9.86. The van der Waals surface area contributed by atoms with E-state index in [1.54, 1.807) is 24.5 Å². The molecule has 0 radical (unpaired) electrons. The third-order valence-corrected chi connectivity index (χ3v) is 2.31. The molecular formula is C10H11ClN4. The molecule has 15 heavy (non-hydrogen) atoms. The monoisotopic (exact) mass is 222 g/mol. The van der Waals surface area contributed by atoms with Gasteiger partial charge in [0.2, 0.25) is 0 Å². The van der Waals surface area contributed by atoms with E-state index in [0.29, 0.717) is 17.3 Å². The van der Waals surface area contributed by atoms with Crippen LogP contribution in [0.5, 0.6) is 0 Å². The summed E-state index contributed by atoms with van der Waals surface area (Å²) in [7, 11) is 0. The van der Waals surface area contributed by atoms with Gasteiger partial charge in [0.05, 0.1) is 17.3 Å². The molecule has 2 aromatic rings. The topological polar surface area (TPSA) is 66.7 Å². The molecule has 0 fully saturated rings. The Morgan fingerprint density at radius 1 is 1.47 bits per heavy atom. The summed E-state index contributed by atoms with van der Waals surface area (Å²) in [4.78, 5) is 7.09. The third-order valence-electron chi connectivity index (χ3n) is 1.99. The number of H-pyrrole nitrogens is 1. The number of rotatable bonds is 3. The van der Waals surface area contributed by atoms with E-state index >= 15 is 0 Å². The molecule has 4 nitrogen and oxygen atoms in total. The van der Waals surface area contributed by atoms with E-state index in [4.69, 9.17) is 17.3 Å². The van der Waals surface area contributed by atoms with Gasteiger partial charge in [-0.2, -0.15) is 0 Å². The highest BCUT2D eigenvalue weighted by atomic mass is 35.5. The molecule has 0 atom stereocenters. The van der Waals surface area contributed by atoms with Gasteiger partial charge in [-0.1, -0.05) is 11.6 Å². The van der Waals surface area contributed by atoms with Gasteiger partial charge in [-0.15, -0.1) is 0 Å². The lowest BCUT2D eigenvalue weighted by atomic mass is 10.3. The molecule has 1 heterocycles. The van der Waals surface area contributed by atoms with Crippen LogP contribution < -0.4 is 11.1 Å². The predicted octanol–water partition coefficient (Wildman–Crippen LogP) is 2.26. The molecular weight excluding hydrogens is 212 g/mol. The number of nitrogens with zero attached hydrogens (tertiary/aromatic N) is 1. The number of aromatic nitrogens is 2. The summed E-state index contributed by atoms with van der Waals surface area (Å²) in [5.74, 6) is 0.864. The molecule has 0 spiro atoms. The van der Waals surface area contributed by atoms with Crippen LogP contribution in [0, 0.1) is 0 Å². The van der Waals surface area contributed by atoms with Crippen LogP contribution in [-0.2, 0) is 6.54 Å². The highest BCUT2D eigenvalue weighted by Crippen LogP contribution is 2.24. The second-order valence-electron chi connectivity index (χ2n) is 3.13. The first-order chi connectivity index (χ1) is 7.25. The highest BCUT2D eigenvalue weighted by Gasteiger charge is 2.00. The lowest BCUT2D eigenvalue weighted by Crippen LogP contribution is -2.01. The van der Waals surface area contributed by atoms with Crippen molar-refractivity contribution in [3.05, 3.63) is 41.4 Å². The Kier molecular flexibility index (Phi) is 2.78. The number of halogens is 1. The van der Waals surface area contributed by atoms with E-state index in [9.17, 15) is 0 Å². The Morgan fingerprint density at radius 3 is 3.00 bits per heavy atom. The first-order valence-electron chi connectivity index (χ1n) is 4.53. The van der Waals surface area contributed by atoms with Gasteiger partial charge < -0.3 is 16.0 Å². The number of hydrogen-bond acceptors (Lipinski definition) is 3. The summed E-state index contributed by atoms with van der Waals surface area (Å²) >= 11 is 6.00. The normalized spacial score (nSPS) is 10.2. The summed E-state index contributed by atoms with van der Waals surface area (Å²) in [6.07, 6.45) is 3.49. The van der Waals surface area contributed by atoms with Gasteiger partial charge in [0.15, 0.2) is 0 Å². The quantitative estimate of drug-likeness (QED) is 0.698. The van der Waals surface area contributed by atoms with Crippen molar-refractivity contribution >= 4 is 23.0 Å². The van der Waals surface area contributed by atoms with Crippen molar-refractivity contribution in [2.75, 3.05) is 11.1 Å². The zero-order valence-electron chi connectivity index (χ0n) is 8.00. The van der Waals surface area contributed by atoms with E-state index < -0.39 is 0 Å². The molecule has 0 aliphatic carbocycles. The predicted molar refractivity (Wildman–Crippen MR) is 61.8 cm³/mol. The summed E-state index contributed by atoms with van der Waals surface area (Å²) in [6.45, 7) is 0.608. The van der Waals surface area contributed by atoms with E-state index in [1.807, 2.05) is 6.07 Å². The molecule has 5 heteroatoms. The molecule has 0 bridgehead atoms. The van der Waals surface area contributed by atoms with Crippen LogP contribution in [0.1, 0.15) is 5.82 Å². The van der Waals surface area contributed by atoms with Crippen molar-refractivity contribution in [3.8, 4) is 0 Å². The van der Waals surface area contributed by atoms with Gasteiger partial charge in [0.1, 0.15) is 5.82 Å². The number of nitrogen functional groups attached to an aromatic ring is 1. The summed E-state index contributed by atoms with van der Waals surface area (Å²) in [5, 5.41) is 3.77. The van der Waals surface area contributed by atoms with Gasteiger partial charge in [-0.25, -0.2) is 4.98 Å². The van der Waals surface area contributed by atoms with Crippen molar-refractivity contribution < 1.29 is 0 Å². The zero-order valence-corrected chi connectivity index (χ0v) is 8.75. The van der Waals surface area contributed by atoms with Crippen molar-refractivity contribution in [1.82, 2.24) is 9.97 Å². The van der Waals surface area contributed by atoms with Crippen molar-refractivity contribution in [2.45, 2.75) is 6.54 Å². The molecule has 78 valence electrons. The van der Waals surface area contributed by atoms with Crippen LogP contribution in [0.4, 0.5) is 11.4 Å². The molecule has 4 N–H and O–H groups in total. The maximum Gasteiger partial charge on any atom is 0.125 e. The van der Waals surface area contributed by atoms with Crippen molar-refractivity contribution in [3.63, 3.8) is 0 Å². The maximum absolute atomic E-state index is 6.00. The number of anilines is 2. The summed E-state index contributed by atoms with van der Waals surface area (Å²) < 4.78 is 0. The molecule has 2 rings (SSSR count). The third kappa shape index (κ3) is 2.41. The lowest BCUT2D eigenvalue weighted by molar-refractivity contribution is 1.00. The number of aromatic amines is 1. The zero-order chi connectivity index (χ0) is 10.7. The second-order valence-corrected chi connectivity index (χ2v) is 3.54. The van der Waals surface area contributed by atoms with Gasteiger partial charge in [-0.3, -0.25) is 0 Å². The number of hydrogen-bond donors (Lipinski definition) is 3. The molecule has 1 aromatic heterocycles. The molecule has 0 saturated heterocycles. The van der Waals surface area contributed by atoms with Crippen LogP contribution in [0.3, 0.4) is 0 Å². The number of imidazole rings is 1. The SMILES string of the molecule is Nc1ccc(NCc2ncc[nH]2)c(Cl)c1. The average Bonchev–Trinajstić information content (AvgIpc) is 2.69. The fourth-order valence-corrected chi connectivity index (χ4v) is 1.50. The van der Waals surface area contributed by atoms with E-state index in [1.165, 1.54) is 0 Å². The second kappa shape index (κ2) is 4.23. The Hall–Kier alpha value is -1.68. The Labute approximate surface area is 92.5 Å². The van der Waals surface area contributed by atoms with Gasteiger partial charge in [-0.05, 0) is 18.2 Å². The number of nitrogens with one attached hydrogen (secondary N) is 2. The summed E-state index contributed by atoms with van der Waals surface area (Å²) in [6, 6.07) is 5.36. The molecule has 1 aromatic carbocycles. The highest BCUT2D eigenvalue weighted by molar-refractivity contribution is 6.33. The lowest BCUT2D eigenvalue weighted by Gasteiger charge is -2.07. The van der Waals surface area contributed by atoms with E-state index in [0.717, 1.165) is 11.5 Å². The van der Waals surface area contributed by atoms with Gasteiger partial charge in [0, 0.05) is 18.1 Å². The fourth-order valence-electron chi connectivity index (χ4n) is 1.25. The van der Waals surface area contributed by atoms with Crippen LogP contribution in [0.15, 0.2) is 30.6 Å². The van der Waals surface area contributed by atoms with Gasteiger partial charge >= 0.3 is 0 Å². The Morgan fingerprint density at radius 2 is 2.33 bits per heavy atom. The minimum absolute atomic E-state index is 0.608. The first-order valence-corrected chi connectivity index (χ1v) is 4.90. The smallest absolute Gasteiger partial charge is 0.125 e. The molecule has 0 aliphatic heterocycles. The average molecular weight is 223 g/mol. The van der Waals surface area contributed by atoms with Crippen molar-refractivity contribution in [1.29, 1.82) is 0 Å². The minimum Gasteiger partial charge on any atom is -0.399 e. The largest absolute Gasteiger partial charge is 0.399 e. The van der Waals surface area contributed by atoms with Crippen LogP contribution in [-0.4, -0.2) is 9.97 Å². The van der Waals surface area contributed by atoms with Crippen LogP contribution in [0.2, 0.25) is 5.02 Å². The van der Waals surface area contributed by atoms with Crippen LogP contribution >= 0.6 is 11.6 Å². The van der Waals surface area contributed by atoms with Crippen LogP contribution in [0.25, 0.3) is 0 Å². The number of benzene rings is 1.